The van der Waals surface area contributed by atoms with Gasteiger partial charge >= 0.3 is 0 Å². The summed E-state index contributed by atoms with van der Waals surface area (Å²) in [4.78, 5) is 32.2. The lowest BCUT2D eigenvalue weighted by Crippen LogP contribution is -2.44. The zero-order valence-corrected chi connectivity index (χ0v) is 20.0. The summed E-state index contributed by atoms with van der Waals surface area (Å²) in [5.74, 6) is 0.0434. The number of amides is 2. The van der Waals surface area contributed by atoms with Crippen LogP contribution in [0.2, 0.25) is 0 Å². The molecule has 0 bridgehead atoms. The second kappa shape index (κ2) is 11.1. The Bertz CT molecular complexity index is 1250. The highest BCUT2D eigenvalue weighted by Gasteiger charge is 2.36. The second-order valence-corrected chi connectivity index (χ2v) is 8.84. The van der Waals surface area contributed by atoms with Gasteiger partial charge in [-0.25, -0.2) is 9.38 Å². The zero-order valence-electron chi connectivity index (χ0n) is 19.2. The normalized spacial score (nSPS) is 16.8. The number of rotatable bonds is 7. The summed E-state index contributed by atoms with van der Waals surface area (Å²) in [5, 5.41) is 2.33. The molecule has 2 amide bonds. The maximum Gasteiger partial charge on any atom is 0.238 e. The summed E-state index contributed by atoms with van der Waals surface area (Å²) in [6.45, 7) is 0.226. The third kappa shape index (κ3) is 5.81. The van der Waals surface area contributed by atoms with E-state index < -0.39 is 11.1 Å². The maximum absolute atomic E-state index is 14.4. The number of carbonyl (C=O) groups is 2. The number of halogens is 1. The van der Waals surface area contributed by atoms with E-state index in [1.54, 1.807) is 55.6 Å². The minimum Gasteiger partial charge on any atom is -0.497 e. The molecule has 1 N–H and O–H groups in total. The van der Waals surface area contributed by atoms with Gasteiger partial charge in [-0.2, -0.15) is 0 Å². The SMILES string of the molecule is COc1ccc(CN2C(=O)CC(C(=O)Nc3ccccc3OC)SC2=Nc2ccccc2F)cc1. The average molecular weight is 494 g/mol. The number of carbonyl (C=O) groups excluding carboxylic acids is 2. The van der Waals surface area contributed by atoms with Crippen LogP contribution in [-0.2, 0) is 16.1 Å². The Labute approximate surface area is 207 Å². The van der Waals surface area contributed by atoms with E-state index >= 15 is 0 Å². The number of nitrogens with zero attached hydrogens (tertiary/aromatic N) is 2. The van der Waals surface area contributed by atoms with E-state index in [9.17, 15) is 14.0 Å². The predicted octanol–water partition coefficient (Wildman–Crippen LogP) is 5.00. The minimum atomic E-state index is -0.745. The first-order valence-corrected chi connectivity index (χ1v) is 11.7. The summed E-state index contributed by atoms with van der Waals surface area (Å²) >= 11 is 1.13. The molecule has 1 aliphatic heterocycles. The van der Waals surface area contributed by atoms with E-state index in [0.29, 0.717) is 17.2 Å². The molecule has 3 aromatic rings. The number of hydrogen-bond donors (Lipinski definition) is 1. The first-order valence-electron chi connectivity index (χ1n) is 10.9. The highest BCUT2D eigenvalue weighted by atomic mass is 32.2. The fourth-order valence-electron chi connectivity index (χ4n) is 3.52. The molecule has 4 rings (SSSR count). The Balaban J connectivity index is 1.61. The molecule has 1 aliphatic rings. The summed E-state index contributed by atoms with van der Waals surface area (Å²) < 4.78 is 24.9. The molecule has 9 heteroatoms. The van der Waals surface area contributed by atoms with Gasteiger partial charge in [0.2, 0.25) is 11.8 Å². The van der Waals surface area contributed by atoms with Gasteiger partial charge < -0.3 is 14.8 Å². The molecule has 1 heterocycles. The first-order chi connectivity index (χ1) is 17.0. The molecule has 0 aromatic heterocycles. The smallest absolute Gasteiger partial charge is 0.238 e. The van der Waals surface area contributed by atoms with Crippen molar-refractivity contribution in [3.8, 4) is 11.5 Å². The van der Waals surface area contributed by atoms with Crippen LogP contribution in [0.15, 0.2) is 77.8 Å². The van der Waals surface area contributed by atoms with Crippen LogP contribution in [0.25, 0.3) is 0 Å². The standard InChI is InChI=1S/C26H24FN3O4S/c1-33-18-13-11-17(12-14-18)16-30-24(31)15-23(25(32)28-21-9-5-6-10-22(21)34-2)35-26(30)29-20-8-4-3-7-19(20)27/h3-14,23H,15-16H2,1-2H3,(H,28,32). The van der Waals surface area contributed by atoms with Crippen molar-refractivity contribution in [2.45, 2.75) is 18.2 Å². The van der Waals surface area contributed by atoms with Crippen LogP contribution < -0.4 is 14.8 Å². The molecule has 0 saturated carbocycles. The van der Waals surface area contributed by atoms with Gasteiger partial charge in [-0.05, 0) is 42.0 Å². The fourth-order valence-corrected chi connectivity index (χ4v) is 4.61. The summed E-state index contributed by atoms with van der Waals surface area (Å²) in [6.07, 6.45) is -0.0297. The molecule has 180 valence electrons. The fraction of sp³-hybridized carbons (Fsp3) is 0.192. The van der Waals surface area contributed by atoms with Crippen LogP contribution in [0.3, 0.4) is 0 Å². The van der Waals surface area contributed by atoms with Crippen molar-refractivity contribution in [3.05, 3.63) is 84.2 Å². The average Bonchev–Trinajstić information content (AvgIpc) is 2.88. The number of ether oxygens (including phenoxy) is 2. The number of benzene rings is 3. The highest BCUT2D eigenvalue weighted by molar-refractivity contribution is 8.15. The molecule has 1 unspecified atom stereocenters. The van der Waals surface area contributed by atoms with Crippen LogP contribution in [0.5, 0.6) is 11.5 Å². The summed E-state index contributed by atoms with van der Waals surface area (Å²) in [7, 11) is 3.09. The van der Waals surface area contributed by atoms with Crippen molar-refractivity contribution in [1.29, 1.82) is 0 Å². The van der Waals surface area contributed by atoms with Gasteiger partial charge in [0.05, 0.1) is 26.5 Å². The number of anilines is 1. The van der Waals surface area contributed by atoms with Crippen molar-refractivity contribution >= 4 is 40.1 Å². The molecule has 1 atom stereocenters. The Kier molecular flexibility index (Phi) is 7.67. The van der Waals surface area contributed by atoms with E-state index in [4.69, 9.17) is 9.47 Å². The van der Waals surface area contributed by atoms with Crippen molar-refractivity contribution in [2.24, 2.45) is 4.99 Å². The van der Waals surface area contributed by atoms with Gasteiger partial charge in [-0.15, -0.1) is 0 Å². The molecule has 0 radical (unpaired) electrons. The Hall–Kier alpha value is -3.85. The van der Waals surface area contributed by atoms with Crippen molar-refractivity contribution < 1.29 is 23.5 Å². The Morgan fingerprint density at radius 1 is 1.06 bits per heavy atom. The quantitative estimate of drug-likeness (QED) is 0.501. The summed E-state index contributed by atoms with van der Waals surface area (Å²) in [6, 6.07) is 20.4. The third-order valence-electron chi connectivity index (χ3n) is 5.37. The molecule has 1 saturated heterocycles. The van der Waals surface area contributed by atoms with Crippen LogP contribution in [0.4, 0.5) is 15.8 Å². The largest absolute Gasteiger partial charge is 0.497 e. The number of thioether (sulfide) groups is 1. The third-order valence-corrected chi connectivity index (χ3v) is 6.55. The number of aliphatic imine (C=N–C) groups is 1. The van der Waals surface area contributed by atoms with E-state index in [1.807, 2.05) is 12.1 Å². The predicted molar refractivity (Wildman–Crippen MR) is 135 cm³/mol. The van der Waals surface area contributed by atoms with Crippen molar-refractivity contribution in [1.82, 2.24) is 4.90 Å². The van der Waals surface area contributed by atoms with Crippen LogP contribution >= 0.6 is 11.8 Å². The van der Waals surface area contributed by atoms with Crippen molar-refractivity contribution in [3.63, 3.8) is 0 Å². The van der Waals surface area contributed by atoms with Crippen LogP contribution in [0, 0.1) is 5.82 Å². The van der Waals surface area contributed by atoms with Gasteiger partial charge in [-0.3, -0.25) is 14.5 Å². The Morgan fingerprint density at radius 2 is 1.77 bits per heavy atom. The number of nitrogens with one attached hydrogen (secondary N) is 1. The monoisotopic (exact) mass is 493 g/mol. The molecule has 35 heavy (non-hydrogen) atoms. The lowest BCUT2D eigenvalue weighted by Gasteiger charge is -2.32. The number of methoxy groups -OCH3 is 2. The van der Waals surface area contributed by atoms with Gasteiger partial charge in [0.15, 0.2) is 5.17 Å². The van der Waals surface area contributed by atoms with Crippen molar-refractivity contribution in [2.75, 3.05) is 19.5 Å². The Morgan fingerprint density at radius 3 is 2.49 bits per heavy atom. The van der Waals surface area contributed by atoms with Gasteiger partial charge in [0, 0.05) is 6.42 Å². The molecule has 7 nitrogen and oxygen atoms in total. The van der Waals surface area contributed by atoms with Gasteiger partial charge in [0.1, 0.15) is 28.3 Å². The number of para-hydroxylation sites is 3. The number of hydrogen-bond acceptors (Lipinski definition) is 6. The molecule has 0 aliphatic carbocycles. The molecule has 0 spiro atoms. The maximum atomic E-state index is 14.4. The lowest BCUT2D eigenvalue weighted by molar-refractivity contribution is -0.129. The van der Waals surface area contributed by atoms with Gasteiger partial charge in [0.25, 0.3) is 0 Å². The lowest BCUT2D eigenvalue weighted by atomic mass is 10.2. The topological polar surface area (TPSA) is 80.2 Å². The van der Waals surface area contributed by atoms with Crippen LogP contribution in [-0.4, -0.2) is 41.4 Å². The van der Waals surface area contributed by atoms with Gasteiger partial charge in [-0.1, -0.05) is 48.2 Å². The second-order valence-electron chi connectivity index (χ2n) is 7.67. The highest BCUT2D eigenvalue weighted by Crippen LogP contribution is 2.33. The first kappa shape index (κ1) is 24.3. The molecular weight excluding hydrogens is 469 g/mol. The summed E-state index contributed by atoms with van der Waals surface area (Å²) in [5.41, 5.74) is 1.44. The van der Waals surface area contributed by atoms with Crippen LogP contribution in [0.1, 0.15) is 12.0 Å². The molecule has 1 fully saturated rings. The van der Waals surface area contributed by atoms with E-state index in [0.717, 1.165) is 17.3 Å². The number of amidine groups is 1. The minimum absolute atomic E-state index is 0.0297. The molecule has 3 aromatic carbocycles. The van der Waals surface area contributed by atoms with E-state index in [1.165, 1.54) is 24.1 Å². The van der Waals surface area contributed by atoms with E-state index in [2.05, 4.69) is 10.3 Å². The van der Waals surface area contributed by atoms with E-state index in [-0.39, 0.29) is 35.6 Å². The zero-order chi connectivity index (χ0) is 24.8. The molecular formula is C26H24FN3O4S.